The number of amides is 1. The molecule has 3 atom stereocenters. The Bertz CT molecular complexity index is 528. The highest BCUT2D eigenvalue weighted by atomic mass is 32.1. The molecule has 1 unspecified atom stereocenters. The summed E-state index contributed by atoms with van der Waals surface area (Å²) < 4.78 is 0. The average molecular weight is 321 g/mol. The van der Waals surface area contributed by atoms with Gasteiger partial charge in [-0.1, -0.05) is 19.8 Å². The van der Waals surface area contributed by atoms with Crippen LogP contribution in [-0.4, -0.2) is 23.5 Å². The van der Waals surface area contributed by atoms with E-state index in [1.807, 2.05) is 0 Å². The molecular formula is C17H27N3OS. The first-order chi connectivity index (χ1) is 10.7. The zero-order valence-electron chi connectivity index (χ0n) is 13.7. The zero-order chi connectivity index (χ0) is 15.5. The van der Waals surface area contributed by atoms with Crippen molar-refractivity contribution in [3.8, 4) is 0 Å². The van der Waals surface area contributed by atoms with Crippen LogP contribution in [0.1, 0.15) is 56.5 Å². The fraction of sp³-hybridized carbons (Fsp3) is 0.765. The summed E-state index contributed by atoms with van der Waals surface area (Å²) in [5.74, 6) is 1.10. The molecule has 5 heteroatoms. The van der Waals surface area contributed by atoms with Gasteiger partial charge < -0.3 is 10.6 Å². The topological polar surface area (TPSA) is 54.0 Å². The molecule has 1 aliphatic carbocycles. The van der Waals surface area contributed by atoms with Crippen LogP contribution in [0.25, 0.3) is 0 Å². The first-order valence-electron chi connectivity index (χ1n) is 8.68. The molecule has 1 aromatic rings. The van der Waals surface area contributed by atoms with Crippen molar-refractivity contribution in [2.24, 2.45) is 11.8 Å². The van der Waals surface area contributed by atoms with Gasteiger partial charge in [0.05, 0.1) is 5.69 Å². The van der Waals surface area contributed by atoms with Gasteiger partial charge in [0.1, 0.15) is 0 Å². The quantitative estimate of drug-likeness (QED) is 0.894. The van der Waals surface area contributed by atoms with Crippen molar-refractivity contribution in [1.29, 1.82) is 0 Å². The first kappa shape index (κ1) is 15.9. The maximum Gasteiger partial charge on any atom is 0.229 e. The Labute approximate surface area is 137 Å². The van der Waals surface area contributed by atoms with Crippen molar-refractivity contribution < 1.29 is 4.79 Å². The van der Waals surface area contributed by atoms with Crippen molar-refractivity contribution in [1.82, 2.24) is 10.3 Å². The summed E-state index contributed by atoms with van der Waals surface area (Å²) in [5.41, 5.74) is 1.23. The lowest BCUT2D eigenvalue weighted by molar-refractivity contribution is -0.120. The normalized spacial score (nSPS) is 28.2. The van der Waals surface area contributed by atoms with Crippen LogP contribution < -0.4 is 10.6 Å². The summed E-state index contributed by atoms with van der Waals surface area (Å²) in [6.07, 6.45) is 7.92. The van der Waals surface area contributed by atoms with Crippen LogP contribution in [0.5, 0.6) is 0 Å². The van der Waals surface area contributed by atoms with Crippen LogP contribution >= 0.6 is 11.3 Å². The van der Waals surface area contributed by atoms with Gasteiger partial charge in [0.25, 0.3) is 0 Å². The highest BCUT2D eigenvalue weighted by Gasteiger charge is 2.27. The zero-order valence-corrected chi connectivity index (χ0v) is 14.5. The molecule has 2 N–H and O–H groups in total. The molecule has 122 valence electrons. The van der Waals surface area contributed by atoms with Crippen LogP contribution in [0.3, 0.4) is 0 Å². The molecule has 0 spiro atoms. The molecule has 0 bridgehead atoms. The summed E-state index contributed by atoms with van der Waals surface area (Å²) in [4.78, 5) is 18.5. The van der Waals surface area contributed by atoms with E-state index in [9.17, 15) is 4.79 Å². The fourth-order valence-electron chi connectivity index (χ4n) is 3.73. The van der Waals surface area contributed by atoms with Gasteiger partial charge >= 0.3 is 0 Å². The Hall–Kier alpha value is -0.940. The largest absolute Gasteiger partial charge is 0.314 e. The van der Waals surface area contributed by atoms with E-state index < -0.39 is 0 Å². The van der Waals surface area contributed by atoms with Crippen LogP contribution in [0.2, 0.25) is 0 Å². The number of fused-ring (bicyclic) bond motifs is 1. The molecule has 4 nitrogen and oxygen atoms in total. The molecule has 1 amide bonds. The third-order valence-electron chi connectivity index (χ3n) is 4.96. The highest BCUT2D eigenvalue weighted by molar-refractivity contribution is 7.15. The van der Waals surface area contributed by atoms with E-state index in [1.54, 1.807) is 11.3 Å². The van der Waals surface area contributed by atoms with Crippen molar-refractivity contribution >= 4 is 22.4 Å². The van der Waals surface area contributed by atoms with E-state index >= 15 is 0 Å². The number of aromatic nitrogens is 1. The van der Waals surface area contributed by atoms with Crippen LogP contribution in [0.4, 0.5) is 5.13 Å². The lowest BCUT2D eigenvalue weighted by atomic mass is 9.88. The van der Waals surface area contributed by atoms with E-state index in [-0.39, 0.29) is 11.8 Å². The molecule has 1 aromatic heterocycles. The second-order valence-electron chi connectivity index (χ2n) is 6.85. The molecule has 2 heterocycles. The van der Waals surface area contributed by atoms with Gasteiger partial charge in [0.2, 0.25) is 5.91 Å². The minimum Gasteiger partial charge on any atom is -0.314 e. The Morgan fingerprint density at radius 3 is 3.09 bits per heavy atom. The molecule has 2 aliphatic rings. The number of aryl methyl sites for hydroxylation is 1. The minimum absolute atomic E-state index is 0.130. The summed E-state index contributed by atoms with van der Waals surface area (Å²) >= 11 is 1.70. The summed E-state index contributed by atoms with van der Waals surface area (Å²) in [7, 11) is 0. The number of nitrogens with one attached hydrogen (secondary N) is 2. The predicted octanol–water partition coefficient (Wildman–Crippen LogP) is 3.37. The van der Waals surface area contributed by atoms with Crippen molar-refractivity contribution in [2.75, 3.05) is 11.9 Å². The minimum atomic E-state index is 0.130. The van der Waals surface area contributed by atoms with Crippen LogP contribution in [-0.2, 0) is 17.6 Å². The van der Waals surface area contributed by atoms with Crippen LogP contribution in [0, 0.1) is 11.8 Å². The summed E-state index contributed by atoms with van der Waals surface area (Å²) in [6, 6.07) is 0.434. The molecule has 0 saturated carbocycles. The maximum absolute atomic E-state index is 12.4. The van der Waals surface area contributed by atoms with Crippen molar-refractivity contribution in [2.45, 2.75) is 64.8 Å². The van der Waals surface area contributed by atoms with E-state index in [2.05, 4.69) is 29.5 Å². The Morgan fingerprint density at radius 1 is 1.45 bits per heavy atom. The number of rotatable bonds is 4. The van der Waals surface area contributed by atoms with Crippen molar-refractivity contribution in [3.05, 3.63) is 10.6 Å². The molecular weight excluding hydrogens is 294 g/mol. The maximum atomic E-state index is 12.4. The van der Waals surface area contributed by atoms with Gasteiger partial charge in [-0.05, 0) is 51.5 Å². The van der Waals surface area contributed by atoms with Gasteiger partial charge in [0.15, 0.2) is 5.13 Å². The average Bonchev–Trinajstić information content (AvgIpc) is 2.89. The number of hydrogen-bond donors (Lipinski definition) is 2. The molecule has 22 heavy (non-hydrogen) atoms. The highest BCUT2D eigenvalue weighted by Crippen LogP contribution is 2.34. The van der Waals surface area contributed by atoms with E-state index in [1.165, 1.54) is 29.8 Å². The van der Waals surface area contributed by atoms with Gasteiger partial charge in [-0.25, -0.2) is 4.98 Å². The number of thiazole rings is 1. The third-order valence-corrected chi connectivity index (χ3v) is 6.00. The number of anilines is 1. The molecule has 1 aliphatic heterocycles. The molecule has 0 aromatic carbocycles. The van der Waals surface area contributed by atoms with Gasteiger partial charge in [-0.3, -0.25) is 4.79 Å². The van der Waals surface area contributed by atoms with E-state index in [4.69, 9.17) is 0 Å². The molecule has 1 fully saturated rings. The second kappa shape index (κ2) is 7.09. The standard InChI is InChI=1S/C17H27N3OS/c1-3-4-12-5-6-14-15(10-12)22-17(19-14)20-16(21)13-7-8-18-11(2)9-13/h11-13,18H,3-10H2,1-2H3,(H,19,20,21)/t11-,12?,13-/m0/s1. The number of piperidine rings is 1. The van der Waals surface area contributed by atoms with E-state index in [0.29, 0.717) is 6.04 Å². The lowest BCUT2D eigenvalue weighted by Crippen LogP contribution is -2.40. The molecule has 3 rings (SSSR count). The third kappa shape index (κ3) is 3.69. The van der Waals surface area contributed by atoms with E-state index in [0.717, 1.165) is 43.3 Å². The number of carbonyl (C=O) groups excluding carboxylic acids is 1. The monoisotopic (exact) mass is 321 g/mol. The number of nitrogens with zero attached hydrogens (tertiary/aromatic N) is 1. The number of hydrogen-bond acceptors (Lipinski definition) is 4. The smallest absolute Gasteiger partial charge is 0.229 e. The molecule has 0 radical (unpaired) electrons. The van der Waals surface area contributed by atoms with Crippen LogP contribution in [0.15, 0.2) is 0 Å². The molecule has 1 saturated heterocycles. The first-order valence-corrected chi connectivity index (χ1v) is 9.50. The summed E-state index contributed by atoms with van der Waals surface area (Å²) in [6.45, 7) is 5.34. The lowest BCUT2D eigenvalue weighted by Gasteiger charge is -2.26. The Balaban J connectivity index is 1.61. The van der Waals surface area contributed by atoms with Crippen molar-refractivity contribution in [3.63, 3.8) is 0 Å². The SMILES string of the molecule is CCCC1CCc2nc(NC(=O)[C@H]3CCN[C@@H](C)C3)sc2C1. The Morgan fingerprint density at radius 2 is 2.32 bits per heavy atom. The summed E-state index contributed by atoms with van der Waals surface area (Å²) in [5, 5.41) is 7.29. The van der Waals surface area contributed by atoms with Gasteiger partial charge in [-0.2, -0.15) is 0 Å². The van der Waals surface area contributed by atoms with Gasteiger partial charge in [-0.15, -0.1) is 11.3 Å². The van der Waals surface area contributed by atoms with Gasteiger partial charge in [0, 0.05) is 16.8 Å². The predicted molar refractivity (Wildman–Crippen MR) is 91.4 cm³/mol. The fourth-order valence-corrected chi connectivity index (χ4v) is 4.85. The Kier molecular flexibility index (Phi) is 5.14. The number of carbonyl (C=O) groups is 1. The second-order valence-corrected chi connectivity index (χ2v) is 7.94.